The summed E-state index contributed by atoms with van der Waals surface area (Å²) in [5, 5.41) is 0. The van der Waals surface area contributed by atoms with Crippen LogP contribution >= 0.6 is 0 Å². The lowest BCUT2D eigenvalue weighted by Crippen LogP contribution is -2.44. The average molecular weight is 428 g/mol. The molecule has 0 N–H and O–H groups in total. The molecule has 1 aliphatic carbocycles. The Morgan fingerprint density at radius 2 is 1.28 bits per heavy atom. The summed E-state index contributed by atoms with van der Waals surface area (Å²) in [7, 11) is 10.5. The zero-order valence-electron chi connectivity index (χ0n) is 20.0. The van der Waals surface area contributed by atoms with Gasteiger partial charge in [-0.05, 0) is 65.7 Å². The standard InChI is InChI=1S/C28H35N4/c1-29(2)25-12-6-22(7-13-25)28(23-8-14-26(15-9-23)30(3)4)24-10-16-27(17-11-24)32-20-18-31(5)19-21-32/h6-17H,18-21H2,1-5H3/q+1. The van der Waals surface area contributed by atoms with E-state index in [0.717, 1.165) is 26.2 Å². The quantitative estimate of drug-likeness (QED) is 0.681. The highest BCUT2D eigenvalue weighted by Gasteiger charge is 2.16. The van der Waals surface area contributed by atoms with Crippen LogP contribution in [0.1, 0.15) is 11.1 Å². The molecular weight excluding hydrogens is 392 g/mol. The van der Waals surface area contributed by atoms with E-state index in [-0.39, 0.29) is 0 Å². The van der Waals surface area contributed by atoms with Gasteiger partial charge in [0.05, 0.1) is 0 Å². The Labute approximate surface area is 193 Å². The zero-order valence-corrected chi connectivity index (χ0v) is 20.0. The maximum absolute atomic E-state index is 2.49. The first-order valence-corrected chi connectivity index (χ1v) is 11.4. The van der Waals surface area contributed by atoms with Crippen LogP contribution in [-0.2, 0) is 0 Å². The van der Waals surface area contributed by atoms with Crippen LogP contribution in [0.25, 0.3) is 5.57 Å². The summed E-state index contributed by atoms with van der Waals surface area (Å²) in [4.78, 5) is 7.02. The molecule has 2 aromatic rings. The lowest BCUT2D eigenvalue weighted by atomic mass is 9.90. The van der Waals surface area contributed by atoms with E-state index in [1.807, 2.05) is 0 Å². The highest BCUT2D eigenvalue weighted by atomic mass is 15.2. The van der Waals surface area contributed by atoms with Crippen molar-refractivity contribution in [3.63, 3.8) is 0 Å². The number of piperazine rings is 1. The zero-order chi connectivity index (χ0) is 22.7. The van der Waals surface area contributed by atoms with Crippen LogP contribution in [0, 0.1) is 0 Å². The Balaban J connectivity index is 1.72. The fourth-order valence-corrected chi connectivity index (χ4v) is 4.26. The van der Waals surface area contributed by atoms with Crippen molar-refractivity contribution in [1.82, 2.24) is 4.90 Å². The Hall–Kier alpha value is -3.11. The van der Waals surface area contributed by atoms with Gasteiger partial charge in [-0.15, -0.1) is 0 Å². The van der Waals surface area contributed by atoms with Crippen LogP contribution in [-0.4, -0.2) is 76.6 Å². The second kappa shape index (κ2) is 9.58. The molecule has 0 spiro atoms. The van der Waals surface area contributed by atoms with E-state index in [4.69, 9.17) is 0 Å². The minimum absolute atomic E-state index is 1.09. The lowest BCUT2D eigenvalue weighted by Gasteiger charge is -2.34. The fraction of sp³-hybridized carbons (Fsp3) is 0.321. The van der Waals surface area contributed by atoms with Gasteiger partial charge in [-0.1, -0.05) is 24.3 Å². The molecule has 0 aromatic heterocycles. The van der Waals surface area contributed by atoms with E-state index in [9.17, 15) is 0 Å². The summed E-state index contributed by atoms with van der Waals surface area (Å²) in [5.41, 5.74) is 8.72. The molecule has 0 unspecified atom stereocenters. The Bertz CT molecular complexity index is 1040. The van der Waals surface area contributed by atoms with Crippen molar-refractivity contribution in [2.24, 2.45) is 0 Å². The molecule has 2 aromatic carbocycles. The van der Waals surface area contributed by atoms with Crippen molar-refractivity contribution in [1.29, 1.82) is 0 Å². The summed E-state index contributed by atoms with van der Waals surface area (Å²) in [6, 6.07) is 18.0. The smallest absolute Gasteiger partial charge is 0.199 e. The SMILES string of the molecule is CN1CCN(c2ccc(C(=C3C=CC(=[N+](C)C)C=C3)c3ccc(N(C)C)cc3)cc2)CC1. The van der Waals surface area contributed by atoms with Gasteiger partial charge >= 0.3 is 0 Å². The third-order valence-electron chi connectivity index (χ3n) is 6.37. The molecule has 0 amide bonds. The number of nitrogens with zero attached hydrogens (tertiary/aromatic N) is 4. The van der Waals surface area contributed by atoms with Gasteiger partial charge in [0.2, 0.25) is 0 Å². The van der Waals surface area contributed by atoms with Gasteiger partial charge in [0, 0.05) is 63.8 Å². The number of rotatable bonds is 4. The Kier molecular flexibility index (Phi) is 6.61. The first kappa shape index (κ1) is 22.1. The van der Waals surface area contributed by atoms with E-state index in [1.54, 1.807) is 0 Å². The topological polar surface area (TPSA) is 12.7 Å². The van der Waals surface area contributed by atoms with Gasteiger partial charge in [-0.2, -0.15) is 0 Å². The summed E-state index contributed by atoms with van der Waals surface area (Å²) in [6.45, 7) is 4.42. The fourth-order valence-electron chi connectivity index (χ4n) is 4.26. The molecule has 0 atom stereocenters. The summed E-state index contributed by atoms with van der Waals surface area (Å²) >= 11 is 0. The molecule has 0 radical (unpaired) electrons. The summed E-state index contributed by atoms with van der Waals surface area (Å²) in [5.74, 6) is 0. The number of allylic oxidation sites excluding steroid dienone is 5. The normalized spacial score (nSPS) is 16.5. The largest absolute Gasteiger partial charge is 0.378 e. The average Bonchev–Trinajstić information content (AvgIpc) is 2.81. The van der Waals surface area contributed by atoms with Crippen molar-refractivity contribution >= 4 is 22.7 Å². The highest BCUT2D eigenvalue weighted by molar-refractivity contribution is 6.04. The number of benzene rings is 2. The molecular formula is C28H35N4+. The van der Waals surface area contributed by atoms with E-state index < -0.39 is 0 Å². The van der Waals surface area contributed by atoms with E-state index in [1.165, 1.54) is 39.4 Å². The van der Waals surface area contributed by atoms with Gasteiger partial charge in [0.1, 0.15) is 14.1 Å². The van der Waals surface area contributed by atoms with Crippen molar-refractivity contribution in [2.45, 2.75) is 0 Å². The van der Waals surface area contributed by atoms with Crippen molar-refractivity contribution in [2.75, 3.05) is 71.2 Å². The first-order chi connectivity index (χ1) is 15.4. The first-order valence-electron chi connectivity index (χ1n) is 11.4. The van der Waals surface area contributed by atoms with Gasteiger partial charge in [-0.25, -0.2) is 4.58 Å². The van der Waals surface area contributed by atoms with Crippen LogP contribution in [0.3, 0.4) is 0 Å². The maximum atomic E-state index is 2.49. The highest BCUT2D eigenvalue weighted by Crippen LogP contribution is 2.32. The Morgan fingerprint density at radius 3 is 1.78 bits per heavy atom. The molecule has 1 aliphatic heterocycles. The minimum atomic E-state index is 1.09. The molecule has 1 heterocycles. The van der Waals surface area contributed by atoms with E-state index in [2.05, 4.69) is 127 Å². The molecule has 4 heteroatoms. The second-order valence-corrected chi connectivity index (χ2v) is 9.09. The predicted molar refractivity (Wildman–Crippen MR) is 138 cm³/mol. The van der Waals surface area contributed by atoms with Crippen molar-refractivity contribution < 1.29 is 4.58 Å². The molecule has 1 saturated heterocycles. The van der Waals surface area contributed by atoms with Crippen LogP contribution < -0.4 is 9.80 Å². The summed E-state index contributed by atoms with van der Waals surface area (Å²) < 4.78 is 2.14. The maximum Gasteiger partial charge on any atom is 0.199 e. The number of likely N-dealkylation sites (N-methyl/N-ethyl adjacent to an activating group) is 1. The molecule has 166 valence electrons. The number of hydrogen-bond acceptors (Lipinski definition) is 3. The molecule has 32 heavy (non-hydrogen) atoms. The number of anilines is 2. The van der Waals surface area contributed by atoms with E-state index >= 15 is 0 Å². The van der Waals surface area contributed by atoms with Crippen molar-refractivity contribution in [3.05, 3.63) is 89.5 Å². The summed E-state index contributed by atoms with van der Waals surface area (Å²) in [6.07, 6.45) is 8.86. The van der Waals surface area contributed by atoms with Gasteiger partial charge in [-0.3, -0.25) is 0 Å². The predicted octanol–water partition coefficient (Wildman–Crippen LogP) is 4.15. The molecule has 4 rings (SSSR count). The molecule has 0 saturated carbocycles. The Morgan fingerprint density at radius 1 is 0.750 bits per heavy atom. The van der Waals surface area contributed by atoms with Crippen LogP contribution in [0.5, 0.6) is 0 Å². The third-order valence-corrected chi connectivity index (χ3v) is 6.37. The monoisotopic (exact) mass is 427 g/mol. The van der Waals surface area contributed by atoms with Gasteiger partial charge in [0.15, 0.2) is 5.71 Å². The lowest BCUT2D eigenvalue weighted by molar-refractivity contribution is -0.462. The van der Waals surface area contributed by atoms with Gasteiger partial charge in [0.25, 0.3) is 0 Å². The third kappa shape index (κ3) is 4.86. The second-order valence-electron chi connectivity index (χ2n) is 9.09. The minimum Gasteiger partial charge on any atom is -0.378 e. The van der Waals surface area contributed by atoms with Crippen molar-refractivity contribution in [3.8, 4) is 0 Å². The molecule has 2 aliphatic rings. The number of hydrogen-bond donors (Lipinski definition) is 0. The van der Waals surface area contributed by atoms with Crippen LogP contribution in [0.4, 0.5) is 11.4 Å². The molecule has 4 nitrogen and oxygen atoms in total. The van der Waals surface area contributed by atoms with Crippen LogP contribution in [0.2, 0.25) is 0 Å². The molecule has 1 fully saturated rings. The molecule has 0 bridgehead atoms. The van der Waals surface area contributed by atoms with E-state index in [0.29, 0.717) is 0 Å². The van der Waals surface area contributed by atoms with Gasteiger partial charge < -0.3 is 14.7 Å². The van der Waals surface area contributed by atoms with Crippen LogP contribution in [0.15, 0.2) is 78.4 Å².